The maximum absolute atomic E-state index is 10.2. The Morgan fingerprint density at radius 2 is 2.29 bits per heavy atom. The number of hydrogen-bond donors (Lipinski definition) is 1. The minimum absolute atomic E-state index is 0.476. The topological polar surface area (TPSA) is 36.4 Å². The highest BCUT2D eigenvalue weighted by molar-refractivity contribution is 5.46. The van der Waals surface area contributed by atoms with Gasteiger partial charge in [0.25, 0.3) is 0 Å². The van der Waals surface area contributed by atoms with E-state index in [0.717, 1.165) is 30.6 Å². The Labute approximate surface area is 103 Å². The Morgan fingerprint density at radius 1 is 1.53 bits per heavy atom. The lowest BCUT2D eigenvalue weighted by Gasteiger charge is -2.42. The maximum Gasteiger partial charge on any atom is 0.0794 e. The third-order valence-electron chi connectivity index (χ3n) is 3.65. The number of aromatic nitrogens is 1. The zero-order chi connectivity index (χ0) is 12.5. The molecular formula is C14H22N2O. The van der Waals surface area contributed by atoms with Crippen LogP contribution in [0.15, 0.2) is 18.3 Å². The molecule has 1 aromatic heterocycles. The van der Waals surface area contributed by atoms with Crippen molar-refractivity contribution in [3.05, 3.63) is 24.0 Å². The van der Waals surface area contributed by atoms with Crippen LogP contribution in [0, 0.1) is 0 Å². The molecule has 17 heavy (non-hydrogen) atoms. The molecule has 0 amide bonds. The van der Waals surface area contributed by atoms with Gasteiger partial charge < -0.3 is 10.0 Å². The molecule has 0 aliphatic carbocycles. The monoisotopic (exact) mass is 234 g/mol. The van der Waals surface area contributed by atoms with Crippen LogP contribution in [0.2, 0.25) is 0 Å². The summed E-state index contributed by atoms with van der Waals surface area (Å²) in [4.78, 5) is 6.69. The van der Waals surface area contributed by atoms with Gasteiger partial charge in [-0.2, -0.15) is 0 Å². The number of piperidine rings is 1. The number of anilines is 1. The standard InChI is InChI=1S/C14H22N2O/c1-4-12-5-6-13(9-15-12)16-10-14(3,17)8-7-11(16)2/h5-6,9,11,17H,4,7-8,10H2,1-3H3/t11-,14-/m0/s1. The summed E-state index contributed by atoms with van der Waals surface area (Å²) in [5.74, 6) is 0. The van der Waals surface area contributed by atoms with Gasteiger partial charge in [0.1, 0.15) is 0 Å². The van der Waals surface area contributed by atoms with Crippen LogP contribution in [-0.2, 0) is 6.42 Å². The van der Waals surface area contributed by atoms with Gasteiger partial charge in [0, 0.05) is 18.3 Å². The molecule has 2 heterocycles. The predicted molar refractivity (Wildman–Crippen MR) is 70.3 cm³/mol. The highest BCUT2D eigenvalue weighted by atomic mass is 16.3. The summed E-state index contributed by atoms with van der Waals surface area (Å²) in [6, 6.07) is 4.67. The van der Waals surface area contributed by atoms with Crippen molar-refractivity contribution in [2.75, 3.05) is 11.4 Å². The van der Waals surface area contributed by atoms with Crippen LogP contribution < -0.4 is 4.90 Å². The first-order valence-electron chi connectivity index (χ1n) is 6.46. The second-order valence-electron chi connectivity index (χ2n) is 5.37. The van der Waals surface area contributed by atoms with E-state index in [0.29, 0.717) is 12.6 Å². The lowest BCUT2D eigenvalue weighted by molar-refractivity contribution is 0.0378. The van der Waals surface area contributed by atoms with Crippen LogP contribution in [0.5, 0.6) is 0 Å². The van der Waals surface area contributed by atoms with Gasteiger partial charge in [-0.1, -0.05) is 6.92 Å². The first-order chi connectivity index (χ1) is 8.02. The molecule has 0 saturated carbocycles. The average molecular weight is 234 g/mol. The van der Waals surface area contributed by atoms with Gasteiger partial charge in [-0.25, -0.2) is 0 Å². The summed E-state index contributed by atoms with van der Waals surface area (Å²) in [5.41, 5.74) is 1.66. The van der Waals surface area contributed by atoms with Crippen molar-refractivity contribution in [3.8, 4) is 0 Å². The fourth-order valence-electron chi connectivity index (χ4n) is 2.42. The van der Waals surface area contributed by atoms with Crippen molar-refractivity contribution in [2.45, 2.75) is 51.7 Å². The molecule has 0 aromatic carbocycles. The summed E-state index contributed by atoms with van der Waals surface area (Å²) in [7, 11) is 0. The second kappa shape index (κ2) is 4.65. The second-order valence-corrected chi connectivity index (χ2v) is 5.37. The van der Waals surface area contributed by atoms with E-state index in [9.17, 15) is 5.11 Å². The molecule has 0 spiro atoms. The number of pyridine rings is 1. The molecule has 1 saturated heterocycles. The van der Waals surface area contributed by atoms with E-state index < -0.39 is 5.60 Å². The fraction of sp³-hybridized carbons (Fsp3) is 0.643. The minimum atomic E-state index is -0.573. The van der Waals surface area contributed by atoms with Crippen molar-refractivity contribution in [2.24, 2.45) is 0 Å². The van der Waals surface area contributed by atoms with E-state index in [1.807, 2.05) is 13.1 Å². The summed E-state index contributed by atoms with van der Waals surface area (Å²) in [5, 5.41) is 10.2. The van der Waals surface area contributed by atoms with Gasteiger partial charge in [0.2, 0.25) is 0 Å². The van der Waals surface area contributed by atoms with Crippen LogP contribution in [0.4, 0.5) is 5.69 Å². The molecule has 0 bridgehead atoms. The smallest absolute Gasteiger partial charge is 0.0794 e. The Balaban J connectivity index is 2.18. The number of aryl methyl sites for hydroxylation is 1. The van der Waals surface area contributed by atoms with Crippen molar-refractivity contribution in [1.82, 2.24) is 4.98 Å². The minimum Gasteiger partial charge on any atom is -0.388 e. The molecular weight excluding hydrogens is 212 g/mol. The van der Waals surface area contributed by atoms with E-state index in [4.69, 9.17) is 0 Å². The first kappa shape index (κ1) is 12.4. The molecule has 1 aliphatic heterocycles. The third kappa shape index (κ3) is 2.78. The number of nitrogens with zero attached hydrogens (tertiary/aromatic N) is 2. The van der Waals surface area contributed by atoms with Crippen LogP contribution in [0.3, 0.4) is 0 Å². The van der Waals surface area contributed by atoms with Gasteiger partial charge in [-0.3, -0.25) is 4.98 Å². The molecule has 1 fully saturated rings. The summed E-state index contributed by atoms with van der Waals surface area (Å²) in [6.45, 7) is 6.93. The molecule has 1 N–H and O–H groups in total. The molecule has 2 rings (SSSR count). The molecule has 94 valence electrons. The van der Waals surface area contributed by atoms with Gasteiger partial charge in [0.15, 0.2) is 0 Å². The average Bonchev–Trinajstić information content (AvgIpc) is 2.33. The third-order valence-corrected chi connectivity index (χ3v) is 3.65. The number of hydrogen-bond acceptors (Lipinski definition) is 3. The van der Waals surface area contributed by atoms with Crippen LogP contribution in [0.25, 0.3) is 0 Å². The molecule has 1 aliphatic rings. The lowest BCUT2D eigenvalue weighted by atomic mass is 9.90. The van der Waals surface area contributed by atoms with E-state index >= 15 is 0 Å². The first-order valence-corrected chi connectivity index (χ1v) is 6.46. The molecule has 3 nitrogen and oxygen atoms in total. The Hall–Kier alpha value is -1.09. The SMILES string of the molecule is CCc1ccc(N2C[C@@](C)(O)CC[C@@H]2C)cn1. The van der Waals surface area contributed by atoms with Crippen molar-refractivity contribution < 1.29 is 5.11 Å². The molecule has 0 unspecified atom stereocenters. The normalized spacial score (nSPS) is 29.4. The number of aliphatic hydroxyl groups is 1. The Kier molecular flexibility index (Phi) is 3.38. The highest BCUT2D eigenvalue weighted by Gasteiger charge is 2.32. The summed E-state index contributed by atoms with van der Waals surface area (Å²) < 4.78 is 0. The highest BCUT2D eigenvalue weighted by Crippen LogP contribution is 2.29. The van der Waals surface area contributed by atoms with E-state index in [1.165, 1.54) is 0 Å². The molecule has 1 aromatic rings. The van der Waals surface area contributed by atoms with Gasteiger partial charge in [-0.05, 0) is 45.2 Å². The quantitative estimate of drug-likeness (QED) is 0.853. The summed E-state index contributed by atoms with van der Waals surface area (Å²) >= 11 is 0. The number of rotatable bonds is 2. The molecule has 3 heteroatoms. The van der Waals surface area contributed by atoms with Gasteiger partial charge >= 0.3 is 0 Å². The van der Waals surface area contributed by atoms with E-state index in [2.05, 4.69) is 35.9 Å². The zero-order valence-corrected chi connectivity index (χ0v) is 11.0. The molecule has 2 atom stereocenters. The Morgan fingerprint density at radius 3 is 2.88 bits per heavy atom. The predicted octanol–water partition coefficient (Wildman–Crippen LogP) is 2.38. The van der Waals surface area contributed by atoms with Crippen LogP contribution in [-0.4, -0.2) is 28.3 Å². The Bertz CT molecular complexity index is 372. The fourth-order valence-corrected chi connectivity index (χ4v) is 2.42. The molecule has 0 radical (unpaired) electrons. The lowest BCUT2D eigenvalue weighted by Crippen LogP contribution is -2.50. The van der Waals surface area contributed by atoms with Gasteiger partial charge in [-0.15, -0.1) is 0 Å². The van der Waals surface area contributed by atoms with Gasteiger partial charge in [0.05, 0.1) is 17.5 Å². The maximum atomic E-state index is 10.2. The van der Waals surface area contributed by atoms with Crippen molar-refractivity contribution in [3.63, 3.8) is 0 Å². The van der Waals surface area contributed by atoms with Crippen molar-refractivity contribution >= 4 is 5.69 Å². The summed E-state index contributed by atoms with van der Waals surface area (Å²) in [6.07, 6.45) is 4.80. The largest absolute Gasteiger partial charge is 0.388 e. The number of β-amino-alcohol motifs (C(OH)–C–C–N with tert-alkyl or cyclic N) is 1. The van der Waals surface area contributed by atoms with E-state index in [1.54, 1.807) is 0 Å². The van der Waals surface area contributed by atoms with Crippen LogP contribution in [0.1, 0.15) is 39.3 Å². The van der Waals surface area contributed by atoms with Crippen molar-refractivity contribution in [1.29, 1.82) is 0 Å². The van der Waals surface area contributed by atoms with Crippen LogP contribution >= 0.6 is 0 Å². The van der Waals surface area contributed by atoms with E-state index in [-0.39, 0.29) is 0 Å². The zero-order valence-electron chi connectivity index (χ0n) is 11.0.